The van der Waals surface area contributed by atoms with Crippen LogP contribution in [-0.2, 0) is 9.53 Å². The van der Waals surface area contributed by atoms with E-state index in [1.54, 1.807) is 16.9 Å². The van der Waals surface area contributed by atoms with Gasteiger partial charge in [0.25, 0.3) is 5.91 Å². The summed E-state index contributed by atoms with van der Waals surface area (Å²) in [5, 5.41) is 0. The Labute approximate surface area is 139 Å². The minimum atomic E-state index is -1.04. The van der Waals surface area contributed by atoms with E-state index in [1.165, 1.54) is 6.07 Å². The number of carbonyl (C=O) groups is 2. The summed E-state index contributed by atoms with van der Waals surface area (Å²) in [6.45, 7) is 1.68. The van der Waals surface area contributed by atoms with Crippen LogP contribution in [-0.4, -0.2) is 61.0 Å². The van der Waals surface area contributed by atoms with Crippen LogP contribution in [0.3, 0.4) is 0 Å². The first-order valence-electron chi connectivity index (χ1n) is 8.05. The first-order valence-corrected chi connectivity index (χ1v) is 8.05. The molecule has 1 aromatic carbocycles. The monoisotopic (exact) mass is 338 g/mol. The number of rotatable bonds is 4. The van der Waals surface area contributed by atoms with Gasteiger partial charge in [0.1, 0.15) is 0 Å². The number of benzene rings is 1. The van der Waals surface area contributed by atoms with E-state index in [0.717, 1.165) is 25.0 Å². The van der Waals surface area contributed by atoms with E-state index in [1.807, 2.05) is 0 Å². The second-order valence-electron chi connectivity index (χ2n) is 6.29. The minimum absolute atomic E-state index is 0.0453. The van der Waals surface area contributed by atoms with Crippen molar-refractivity contribution in [2.75, 3.05) is 33.4 Å². The third-order valence-electron chi connectivity index (χ3n) is 4.78. The molecule has 3 fully saturated rings. The number of halogens is 2. The Morgan fingerprint density at radius 1 is 1.25 bits per heavy atom. The molecule has 3 aliphatic rings. The standard InChI is InChI=1S/C17H20F2N2O3/c1-24-7-6-21-13-4-2-12(17(21)23)9-20(10-13)16(22)11-3-5-14(18)15(19)8-11/h3,5,8,12-13H,2,4,6-7,9-10H2,1H3/t12-,13+/m0/s1. The zero-order valence-electron chi connectivity index (χ0n) is 13.5. The predicted molar refractivity (Wildman–Crippen MR) is 82.4 cm³/mol. The fourth-order valence-corrected chi connectivity index (χ4v) is 3.50. The van der Waals surface area contributed by atoms with Gasteiger partial charge in [0.05, 0.1) is 12.5 Å². The van der Waals surface area contributed by atoms with Crippen molar-refractivity contribution in [3.63, 3.8) is 0 Å². The molecular formula is C17H20F2N2O3. The molecule has 0 N–H and O–H groups in total. The summed E-state index contributed by atoms with van der Waals surface area (Å²) in [7, 11) is 1.58. The Bertz CT molecular complexity index is 653. The zero-order chi connectivity index (χ0) is 17.3. The Balaban J connectivity index is 1.79. The number of ether oxygens (including phenoxy) is 1. The van der Waals surface area contributed by atoms with Gasteiger partial charge in [-0.05, 0) is 31.0 Å². The van der Waals surface area contributed by atoms with E-state index >= 15 is 0 Å². The van der Waals surface area contributed by atoms with Crippen molar-refractivity contribution in [2.45, 2.75) is 18.9 Å². The van der Waals surface area contributed by atoms with Gasteiger partial charge in [-0.2, -0.15) is 0 Å². The molecule has 2 amide bonds. The molecule has 130 valence electrons. The van der Waals surface area contributed by atoms with Crippen LogP contribution in [0.25, 0.3) is 0 Å². The van der Waals surface area contributed by atoms with Crippen LogP contribution in [0.5, 0.6) is 0 Å². The SMILES string of the molecule is COCCN1C(=O)[C@H]2CC[C@@H]1CN(C(=O)c1ccc(F)c(F)c1)C2. The molecule has 3 saturated heterocycles. The molecular weight excluding hydrogens is 318 g/mol. The van der Waals surface area contributed by atoms with E-state index < -0.39 is 11.6 Å². The van der Waals surface area contributed by atoms with E-state index in [4.69, 9.17) is 4.74 Å². The van der Waals surface area contributed by atoms with Crippen LogP contribution in [0, 0.1) is 17.6 Å². The molecule has 0 saturated carbocycles. The smallest absolute Gasteiger partial charge is 0.254 e. The van der Waals surface area contributed by atoms with Crippen LogP contribution < -0.4 is 0 Å². The fraction of sp³-hybridized carbons (Fsp3) is 0.529. The molecule has 0 spiro atoms. The lowest BCUT2D eigenvalue weighted by Gasteiger charge is -2.35. The summed E-state index contributed by atoms with van der Waals surface area (Å²) in [6.07, 6.45) is 1.58. The summed E-state index contributed by atoms with van der Waals surface area (Å²) >= 11 is 0. The second-order valence-corrected chi connectivity index (χ2v) is 6.29. The van der Waals surface area contributed by atoms with E-state index in [-0.39, 0.29) is 29.3 Å². The molecule has 7 heteroatoms. The van der Waals surface area contributed by atoms with Crippen molar-refractivity contribution in [3.05, 3.63) is 35.4 Å². The molecule has 2 atom stereocenters. The van der Waals surface area contributed by atoms with Gasteiger partial charge in [0, 0.05) is 38.3 Å². The zero-order valence-corrected chi connectivity index (χ0v) is 13.5. The molecule has 0 aromatic heterocycles. The highest BCUT2D eigenvalue weighted by Crippen LogP contribution is 2.29. The summed E-state index contributed by atoms with van der Waals surface area (Å²) in [6, 6.07) is 3.08. The molecule has 3 heterocycles. The largest absolute Gasteiger partial charge is 0.383 e. The predicted octanol–water partition coefficient (Wildman–Crippen LogP) is 1.67. The lowest BCUT2D eigenvalue weighted by molar-refractivity contribution is -0.140. The van der Waals surface area contributed by atoms with Crippen LogP contribution in [0.1, 0.15) is 23.2 Å². The van der Waals surface area contributed by atoms with Gasteiger partial charge in [-0.25, -0.2) is 8.78 Å². The number of amides is 2. The van der Waals surface area contributed by atoms with Crippen molar-refractivity contribution < 1.29 is 23.1 Å². The van der Waals surface area contributed by atoms with E-state index in [2.05, 4.69) is 0 Å². The normalized spacial score (nSPS) is 23.5. The highest BCUT2D eigenvalue weighted by molar-refractivity contribution is 5.95. The van der Waals surface area contributed by atoms with Gasteiger partial charge in [0.15, 0.2) is 11.6 Å². The summed E-state index contributed by atoms with van der Waals surface area (Å²) < 4.78 is 31.5. The van der Waals surface area contributed by atoms with Crippen molar-refractivity contribution in [1.29, 1.82) is 0 Å². The number of carbonyl (C=O) groups excluding carboxylic acids is 2. The van der Waals surface area contributed by atoms with Crippen LogP contribution in [0.15, 0.2) is 18.2 Å². The maximum atomic E-state index is 13.4. The molecule has 0 aliphatic carbocycles. The Hall–Kier alpha value is -2.02. The topological polar surface area (TPSA) is 49.9 Å². The number of hydrogen-bond acceptors (Lipinski definition) is 3. The van der Waals surface area contributed by atoms with Crippen molar-refractivity contribution in [3.8, 4) is 0 Å². The number of methoxy groups -OCH3 is 1. The van der Waals surface area contributed by atoms with Crippen LogP contribution in [0.2, 0.25) is 0 Å². The molecule has 24 heavy (non-hydrogen) atoms. The van der Waals surface area contributed by atoms with E-state index in [9.17, 15) is 18.4 Å². The van der Waals surface area contributed by atoms with Gasteiger partial charge in [-0.3, -0.25) is 9.59 Å². The first-order chi connectivity index (χ1) is 11.5. The summed E-state index contributed by atoms with van der Waals surface area (Å²) in [5.74, 6) is -2.59. The van der Waals surface area contributed by atoms with Crippen molar-refractivity contribution in [2.24, 2.45) is 5.92 Å². The maximum absolute atomic E-state index is 13.4. The van der Waals surface area contributed by atoms with Gasteiger partial charge >= 0.3 is 0 Å². The summed E-state index contributed by atoms with van der Waals surface area (Å²) in [5.41, 5.74) is 0.103. The van der Waals surface area contributed by atoms with Crippen LogP contribution >= 0.6 is 0 Å². The lowest BCUT2D eigenvalue weighted by Crippen LogP contribution is -2.49. The Kier molecular flexibility index (Phi) is 4.80. The average Bonchev–Trinajstić information content (AvgIpc) is 2.86. The highest BCUT2D eigenvalue weighted by atomic mass is 19.2. The van der Waals surface area contributed by atoms with Gasteiger partial charge in [-0.15, -0.1) is 0 Å². The summed E-state index contributed by atoms with van der Waals surface area (Å²) in [4.78, 5) is 28.6. The van der Waals surface area contributed by atoms with E-state index in [0.29, 0.717) is 26.2 Å². The number of nitrogens with zero attached hydrogens (tertiary/aromatic N) is 2. The second kappa shape index (κ2) is 6.84. The average molecular weight is 338 g/mol. The third-order valence-corrected chi connectivity index (χ3v) is 4.78. The van der Waals surface area contributed by atoms with Crippen molar-refractivity contribution >= 4 is 11.8 Å². The number of hydrogen-bond donors (Lipinski definition) is 0. The highest BCUT2D eigenvalue weighted by Gasteiger charge is 2.41. The van der Waals surface area contributed by atoms with Gasteiger partial charge in [0.2, 0.25) is 5.91 Å². The van der Waals surface area contributed by atoms with Gasteiger partial charge in [-0.1, -0.05) is 0 Å². The first kappa shape index (κ1) is 16.8. The molecule has 1 aromatic rings. The molecule has 0 unspecified atom stereocenters. The minimum Gasteiger partial charge on any atom is -0.383 e. The van der Waals surface area contributed by atoms with Crippen molar-refractivity contribution in [1.82, 2.24) is 9.80 Å². The van der Waals surface area contributed by atoms with Crippen LogP contribution in [0.4, 0.5) is 8.78 Å². The third kappa shape index (κ3) is 3.13. The molecule has 2 bridgehead atoms. The number of piperidine rings is 1. The Morgan fingerprint density at radius 3 is 2.75 bits per heavy atom. The fourth-order valence-electron chi connectivity index (χ4n) is 3.50. The molecule has 5 nitrogen and oxygen atoms in total. The molecule has 0 radical (unpaired) electrons. The van der Waals surface area contributed by atoms with Gasteiger partial charge < -0.3 is 14.5 Å². The Morgan fingerprint density at radius 2 is 2.04 bits per heavy atom. The lowest BCUT2D eigenvalue weighted by atomic mass is 9.94. The maximum Gasteiger partial charge on any atom is 0.254 e. The number of fused-ring (bicyclic) bond motifs is 4. The quantitative estimate of drug-likeness (QED) is 0.839. The molecule has 4 rings (SSSR count). The molecule has 3 aliphatic heterocycles.